The molecule has 3 atom stereocenters. The van der Waals surface area contributed by atoms with Gasteiger partial charge in [0, 0.05) is 33.5 Å². The van der Waals surface area contributed by atoms with Gasteiger partial charge in [-0.1, -0.05) is 65.0 Å². The van der Waals surface area contributed by atoms with Crippen molar-refractivity contribution in [1.29, 1.82) is 0 Å². The summed E-state index contributed by atoms with van der Waals surface area (Å²) in [6.45, 7) is 0.252. The third-order valence-electron chi connectivity index (χ3n) is 6.70. The van der Waals surface area contributed by atoms with E-state index < -0.39 is 33.8 Å². The summed E-state index contributed by atoms with van der Waals surface area (Å²) in [4.78, 5) is 54.7. The number of rotatable bonds is 6. The number of hydrogen-bond donors (Lipinski definition) is 1. The molecule has 3 heterocycles. The molecule has 1 saturated heterocycles. The van der Waals surface area contributed by atoms with E-state index in [1.54, 1.807) is 18.2 Å². The Kier molecular flexibility index (Phi) is 6.49. The van der Waals surface area contributed by atoms with E-state index in [4.69, 9.17) is 16.3 Å². The molecule has 2 aliphatic heterocycles. The first kappa shape index (κ1) is 25.4. The maximum absolute atomic E-state index is 13.9. The van der Waals surface area contributed by atoms with Crippen LogP contribution in [0.2, 0.25) is 5.02 Å². The lowest BCUT2D eigenvalue weighted by atomic mass is 9.82. The zero-order chi connectivity index (χ0) is 27.3. The van der Waals surface area contributed by atoms with Gasteiger partial charge in [-0.3, -0.25) is 24.5 Å². The number of anilines is 1. The molecule has 0 spiro atoms. The van der Waals surface area contributed by atoms with E-state index in [2.05, 4.69) is 4.98 Å². The number of nitro groups is 1. The highest BCUT2D eigenvalue weighted by Crippen LogP contribution is 2.54. The Morgan fingerprint density at radius 3 is 2.41 bits per heavy atom. The van der Waals surface area contributed by atoms with E-state index in [0.717, 1.165) is 33.6 Å². The van der Waals surface area contributed by atoms with Crippen LogP contribution in [-0.4, -0.2) is 27.0 Å². The fourth-order valence-corrected chi connectivity index (χ4v) is 7.57. The number of imide groups is 1. The summed E-state index contributed by atoms with van der Waals surface area (Å²) in [5.41, 5.74) is 1.70. The highest BCUT2D eigenvalue weighted by molar-refractivity contribution is 8.00. The van der Waals surface area contributed by atoms with Crippen molar-refractivity contribution in [1.82, 2.24) is 4.98 Å². The second kappa shape index (κ2) is 9.99. The molecular weight excluding hydrogens is 562 g/mol. The third kappa shape index (κ3) is 4.52. The number of fused-ring (bicyclic) bond motifs is 2. The number of ether oxygens (including phenoxy) is 1. The van der Waals surface area contributed by atoms with Gasteiger partial charge in [-0.05, 0) is 35.9 Å². The molecule has 4 aromatic rings. The number of thioether (sulfide) groups is 1. The fourth-order valence-electron chi connectivity index (χ4n) is 4.94. The summed E-state index contributed by atoms with van der Waals surface area (Å²) >= 11 is 8.17. The number of para-hydroxylation sites is 1. The molecule has 6 rings (SSSR count). The lowest BCUT2D eigenvalue weighted by molar-refractivity contribution is -0.384. The van der Waals surface area contributed by atoms with Gasteiger partial charge in [-0.25, -0.2) is 4.90 Å². The quantitative estimate of drug-likeness (QED) is 0.185. The van der Waals surface area contributed by atoms with Crippen LogP contribution >= 0.6 is 34.7 Å². The Morgan fingerprint density at radius 1 is 0.974 bits per heavy atom. The van der Waals surface area contributed by atoms with Crippen LogP contribution in [0.15, 0.2) is 82.6 Å². The number of carbonyl (C=O) groups is 2. The highest BCUT2D eigenvalue weighted by atomic mass is 35.5. The number of halogens is 1. The van der Waals surface area contributed by atoms with Gasteiger partial charge in [0.2, 0.25) is 11.8 Å². The number of thiazole rings is 1. The van der Waals surface area contributed by atoms with Gasteiger partial charge in [0.05, 0.1) is 21.6 Å². The number of nitro benzene ring substituents is 1. The number of H-pyrrole nitrogens is 1. The second-order valence-corrected chi connectivity index (χ2v) is 11.6. The summed E-state index contributed by atoms with van der Waals surface area (Å²) in [5.74, 6) is -1.77. The highest BCUT2D eigenvalue weighted by Gasteiger charge is 2.56. The first-order chi connectivity index (χ1) is 18.8. The maximum atomic E-state index is 13.9. The van der Waals surface area contributed by atoms with E-state index in [1.807, 2.05) is 30.3 Å². The first-order valence-electron chi connectivity index (χ1n) is 11.8. The Labute approximate surface area is 234 Å². The molecule has 0 saturated carbocycles. The molecule has 0 radical (unpaired) electrons. The SMILES string of the molecule is O=C1C2Sc3[nH]c(=O)sc3C(c3ccccc3OCc3ccc(Cl)cc3)C2C(=O)N1c1ccc([N+](=O)[O-])cc1. The molecular formula is C27H18ClN3O6S2. The minimum Gasteiger partial charge on any atom is -0.489 e. The monoisotopic (exact) mass is 579 g/mol. The molecule has 2 amide bonds. The Hall–Kier alpha value is -3.93. The van der Waals surface area contributed by atoms with Gasteiger partial charge in [0.25, 0.3) is 5.69 Å². The van der Waals surface area contributed by atoms with Crippen LogP contribution in [0, 0.1) is 16.0 Å². The van der Waals surface area contributed by atoms with Crippen LogP contribution in [0.3, 0.4) is 0 Å². The zero-order valence-electron chi connectivity index (χ0n) is 19.9. The molecule has 39 heavy (non-hydrogen) atoms. The summed E-state index contributed by atoms with van der Waals surface area (Å²) in [7, 11) is 0. The predicted octanol–water partition coefficient (Wildman–Crippen LogP) is 5.37. The van der Waals surface area contributed by atoms with Crippen LogP contribution < -0.4 is 14.5 Å². The lowest BCUT2D eigenvalue weighted by Gasteiger charge is -2.30. The third-order valence-corrected chi connectivity index (χ3v) is 9.36. The number of non-ortho nitro benzene ring substituents is 1. The average Bonchev–Trinajstić information content (AvgIpc) is 3.43. The van der Waals surface area contributed by atoms with Crippen molar-refractivity contribution in [3.05, 3.63) is 114 Å². The summed E-state index contributed by atoms with van der Waals surface area (Å²) in [6, 6.07) is 19.9. The molecule has 1 aromatic heterocycles. The predicted molar refractivity (Wildman–Crippen MR) is 148 cm³/mol. The van der Waals surface area contributed by atoms with Crippen molar-refractivity contribution < 1.29 is 19.2 Å². The summed E-state index contributed by atoms with van der Waals surface area (Å²) < 4.78 is 6.19. The van der Waals surface area contributed by atoms with Gasteiger partial charge in [0.1, 0.15) is 17.6 Å². The largest absolute Gasteiger partial charge is 0.489 e. The Morgan fingerprint density at radius 2 is 1.69 bits per heavy atom. The molecule has 0 aliphatic carbocycles. The number of amides is 2. The Bertz CT molecular complexity index is 1670. The lowest BCUT2D eigenvalue weighted by Crippen LogP contribution is -2.32. The van der Waals surface area contributed by atoms with E-state index in [0.29, 0.717) is 26.2 Å². The van der Waals surface area contributed by atoms with E-state index >= 15 is 0 Å². The molecule has 9 nitrogen and oxygen atoms in total. The average molecular weight is 580 g/mol. The summed E-state index contributed by atoms with van der Waals surface area (Å²) in [5, 5.41) is 11.5. The number of carbonyl (C=O) groups excluding carboxylic acids is 2. The Balaban J connectivity index is 1.40. The van der Waals surface area contributed by atoms with E-state index in [1.165, 1.54) is 24.3 Å². The second-order valence-electron chi connectivity index (χ2n) is 8.99. The van der Waals surface area contributed by atoms with Gasteiger partial charge in [-0.15, -0.1) is 0 Å². The van der Waals surface area contributed by atoms with E-state index in [-0.39, 0.29) is 22.9 Å². The van der Waals surface area contributed by atoms with Crippen LogP contribution in [0.1, 0.15) is 21.9 Å². The molecule has 1 N–H and O–H groups in total. The van der Waals surface area contributed by atoms with Crippen LogP contribution in [-0.2, 0) is 16.2 Å². The van der Waals surface area contributed by atoms with Crippen molar-refractivity contribution in [3.8, 4) is 5.75 Å². The molecule has 1 fully saturated rings. The molecule has 3 unspecified atom stereocenters. The minimum absolute atomic E-state index is 0.144. The number of benzene rings is 3. The molecule has 12 heteroatoms. The van der Waals surface area contributed by atoms with Crippen molar-refractivity contribution >= 4 is 57.9 Å². The van der Waals surface area contributed by atoms with E-state index in [9.17, 15) is 24.5 Å². The van der Waals surface area contributed by atoms with Crippen molar-refractivity contribution in [2.24, 2.45) is 5.92 Å². The molecule has 0 bridgehead atoms. The number of aromatic nitrogens is 1. The van der Waals surface area contributed by atoms with Gasteiger partial charge < -0.3 is 9.72 Å². The van der Waals surface area contributed by atoms with Crippen molar-refractivity contribution in [2.45, 2.75) is 22.8 Å². The standard InChI is InChI=1S/C27H18ClN3O6S2/c28-15-7-5-14(6-8-15)13-37-19-4-2-1-3-18(19)20-21-23(38-24-22(20)39-27(34)29-24)26(33)30(25(21)32)16-9-11-17(12-10-16)31(35)36/h1-12,20-21,23H,13H2,(H,29,34). The first-order valence-corrected chi connectivity index (χ1v) is 13.9. The molecule has 3 aromatic carbocycles. The van der Waals surface area contributed by atoms with Crippen LogP contribution in [0.5, 0.6) is 5.75 Å². The number of nitrogens with one attached hydrogen (secondary N) is 1. The van der Waals surface area contributed by atoms with Gasteiger partial charge >= 0.3 is 4.87 Å². The van der Waals surface area contributed by atoms with Gasteiger partial charge in [0.15, 0.2) is 0 Å². The van der Waals surface area contributed by atoms with Crippen molar-refractivity contribution in [2.75, 3.05) is 4.90 Å². The number of aromatic amines is 1. The van der Waals surface area contributed by atoms with Crippen LogP contribution in [0.25, 0.3) is 0 Å². The maximum Gasteiger partial charge on any atom is 0.305 e. The summed E-state index contributed by atoms with van der Waals surface area (Å²) in [6.07, 6.45) is 0. The number of hydrogen-bond acceptors (Lipinski definition) is 8. The minimum atomic E-state index is -0.808. The number of nitrogens with zero attached hydrogens (tertiary/aromatic N) is 2. The van der Waals surface area contributed by atoms with Gasteiger partial charge in [-0.2, -0.15) is 0 Å². The normalized spacial score (nSPS) is 20.0. The zero-order valence-corrected chi connectivity index (χ0v) is 22.3. The molecule has 196 valence electrons. The smallest absolute Gasteiger partial charge is 0.305 e. The van der Waals surface area contributed by atoms with Crippen LogP contribution in [0.4, 0.5) is 11.4 Å². The molecule has 2 aliphatic rings. The fraction of sp³-hybridized carbons (Fsp3) is 0.148. The van der Waals surface area contributed by atoms with Crippen molar-refractivity contribution in [3.63, 3.8) is 0 Å². The topological polar surface area (TPSA) is 123 Å².